The highest BCUT2D eigenvalue weighted by Gasteiger charge is 2.21. The van der Waals surface area contributed by atoms with Crippen LogP contribution in [-0.4, -0.2) is 0 Å². The summed E-state index contributed by atoms with van der Waals surface area (Å²) >= 11 is 0. The Morgan fingerprint density at radius 2 is 0.627 bits per heavy atom. The van der Waals surface area contributed by atoms with E-state index in [0.717, 1.165) is 22.6 Å². The molecule has 0 bridgehead atoms. The minimum atomic E-state index is 1.08. The topological polar surface area (TPSA) is 3.24 Å². The normalized spacial score (nSPS) is 11.1. The molecular formula is C58H41N. The highest BCUT2D eigenvalue weighted by Crippen LogP contribution is 2.46. The van der Waals surface area contributed by atoms with E-state index < -0.39 is 0 Å². The second-order valence-electron chi connectivity index (χ2n) is 14.9. The molecule has 10 aromatic rings. The predicted octanol–water partition coefficient (Wildman–Crippen LogP) is 16.3. The van der Waals surface area contributed by atoms with Crippen LogP contribution in [0.2, 0.25) is 0 Å². The lowest BCUT2D eigenvalue weighted by atomic mass is 9.88. The van der Waals surface area contributed by atoms with Gasteiger partial charge in [-0.3, -0.25) is 0 Å². The number of fused-ring (bicyclic) bond motifs is 1. The molecule has 10 rings (SSSR count). The first kappa shape index (κ1) is 35.7. The van der Waals surface area contributed by atoms with E-state index in [1.54, 1.807) is 0 Å². The summed E-state index contributed by atoms with van der Waals surface area (Å²) < 4.78 is 0. The van der Waals surface area contributed by atoms with Crippen molar-refractivity contribution in [3.05, 3.63) is 249 Å². The molecule has 0 N–H and O–H groups in total. The molecule has 0 radical (unpaired) electrons. The quantitative estimate of drug-likeness (QED) is 0.142. The standard InChI is InChI=1S/C58H41N/c1-3-16-42(17-4-1)44-30-32-45(33-31-44)46-36-38-51(39-37-46)59(52-23-15-22-49(41-52)50-35-34-43-18-7-8-21-48(43)40-50)58-29-14-13-28-57(58)56-27-12-11-26-55(56)54-25-10-9-24-53(54)47-19-5-2-6-20-47/h1-41H. The Hall–Kier alpha value is -7.74. The third kappa shape index (κ3) is 7.23. The molecule has 0 aliphatic heterocycles. The van der Waals surface area contributed by atoms with Crippen molar-refractivity contribution in [1.82, 2.24) is 0 Å². The summed E-state index contributed by atoms with van der Waals surface area (Å²) in [4.78, 5) is 2.42. The van der Waals surface area contributed by atoms with Crippen LogP contribution in [-0.2, 0) is 0 Å². The summed E-state index contributed by atoms with van der Waals surface area (Å²) in [5, 5.41) is 2.47. The Morgan fingerprint density at radius 1 is 0.203 bits per heavy atom. The van der Waals surface area contributed by atoms with Crippen LogP contribution in [0.3, 0.4) is 0 Å². The first-order valence-electron chi connectivity index (χ1n) is 20.3. The number of nitrogens with zero attached hydrogens (tertiary/aromatic N) is 1. The van der Waals surface area contributed by atoms with Crippen molar-refractivity contribution in [2.75, 3.05) is 4.90 Å². The van der Waals surface area contributed by atoms with Crippen molar-refractivity contribution < 1.29 is 0 Å². The van der Waals surface area contributed by atoms with Gasteiger partial charge in [-0.25, -0.2) is 0 Å². The third-order valence-electron chi connectivity index (χ3n) is 11.3. The van der Waals surface area contributed by atoms with Crippen molar-refractivity contribution in [1.29, 1.82) is 0 Å². The summed E-state index contributed by atoms with van der Waals surface area (Å²) in [6.07, 6.45) is 0. The van der Waals surface area contributed by atoms with Crippen LogP contribution in [0, 0.1) is 0 Å². The molecule has 0 heterocycles. The average molecular weight is 752 g/mol. The largest absolute Gasteiger partial charge is 0.310 e. The van der Waals surface area contributed by atoms with Gasteiger partial charge in [0.05, 0.1) is 5.69 Å². The van der Waals surface area contributed by atoms with E-state index in [9.17, 15) is 0 Å². The maximum Gasteiger partial charge on any atom is 0.0540 e. The van der Waals surface area contributed by atoms with Gasteiger partial charge in [0, 0.05) is 16.9 Å². The number of hydrogen-bond donors (Lipinski definition) is 0. The van der Waals surface area contributed by atoms with E-state index >= 15 is 0 Å². The molecule has 1 nitrogen and oxygen atoms in total. The van der Waals surface area contributed by atoms with Gasteiger partial charge in [0.2, 0.25) is 0 Å². The van der Waals surface area contributed by atoms with Gasteiger partial charge in [-0.1, -0.05) is 212 Å². The van der Waals surface area contributed by atoms with Crippen LogP contribution >= 0.6 is 0 Å². The summed E-state index contributed by atoms with van der Waals surface area (Å²) in [7, 11) is 0. The first-order chi connectivity index (χ1) is 29.3. The highest BCUT2D eigenvalue weighted by molar-refractivity contribution is 5.97. The lowest BCUT2D eigenvalue weighted by Gasteiger charge is -2.29. The van der Waals surface area contributed by atoms with Crippen molar-refractivity contribution in [2.45, 2.75) is 0 Å². The fraction of sp³-hybridized carbons (Fsp3) is 0. The monoisotopic (exact) mass is 751 g/mol. The van der Waals surface area contributed by atoms with Crippen LogP contribution in [0.25, 0.3) is 77.5 Å². The highest BCUT2D eigenvalue weighted by atomic mass is 15.1. The van der Waals surface area contributed by atoms with Gasteiger partial charge in [-0.05, 0) is 108 Å². The van der Waals surface area contributed by atoms with E-state index in [4.69, 9.17) is 0 Å². The third-order valence-corrected chi connectivity index (χ3v) is 11.3. The molecule has 0 saturated heterocycles. The number of anilines is 3. The van der Waals surface area contributed by atoms with E-state index in [1.165, 1.54) is 72.0 Å². The van der Waals surface area contributed by atoms with Crippen LogP contribution in [0.15, 0.2) is 249 Å². The molecule has 59 heavy (non-hydrogen) atoms. The molecule has 0 fully saturated rings. The Bertz CT molecular complexity index is 3020. The molecule has 0 aliphatic rings. The van der Waals surface area contributed by atoms with Gasteiger partial charge in [-0.2, -0.15) is 0 Å². The lowest BCUT2D eigenvalue weighted by Crippen LogP contribution is -2.11. The fourth-order valence-electron chi connectivity index (χ4n) is 8.35. The zero-order chi connectivity index (χ0) is 39.4. The van der Waals surface area contributed by atoms with E-state index in [0.29, 0.717) is 0 Å². The molecule has 1 heteroatoms. The van der Waals surface area contributed by atoms with Gasteiger partial charge >= 0.3 is 0 Å². The molecule has 0 spiro atoms. The number of rotatable bonds is 9. The molecule has 0 unspecified atom stereocenters. The fourth-order valence-corrected chi connectivity index (χ4v) is 8.35. The van der Waals surface area contributed by atoms with Crippen LogP contribution in [0.5, 0.6) is 0 Å². The second-order valence-corrected chi connectivity index (χ2v) is 14.9. The van der Waals surface area contributed by atoms with Crippen LogP contribution < -0.4 is 4.90 Å². The SMILES string of the molecule is c1ccc(-c2ccc(-c3ccc(N(c4cccc(-c5ccc6ccccc6c5)c4)c4ccccc4-c4ccccc4-c4ccccc4-c4ccccc4)cc3)cc2)cc1. The smallest absolute Gasteiger partial charge is 0.0540 e. The molecule has 0 aromatic heterocycles. The van der Waals surface area contributed by atoms with E-state index in [-0.39, 0.29) is 0 Å². The maximum absolute atomic E-state index is 2.42. The average Bonchev–Trinajstić information content (AvgIpc) is 3.33. The van der Waals surface area contributed by atoms with Gasteiger partial charge in [0.25, 0.3) is 0 Å². The zero-order valence-corrected chi connectivity index (χ0v) is 32.6. The van der Waals surface area contributed by atoms with Crippen molar-refractivity contribution in [3.8, 4) is 66.8 Å². The van der Waals surface area contributed by atoms with E-state index in [2.05, 4.69) is 254 Å². The zero-order valence-electron chi connectivity index (χ0n) is 32.6. The Labute approximate surface area is 346 Å². The molecular weight excluding hydrogens is 711 g/mol. The molecule has 10 aromatic carbocycles. The van der Waals surface area contributed by atoms with Crippen molar-refractivity contribution >= 4 is 27.8 Å². The Balaban J connectivity index is 1.11. The molecule has 0 amide bonds. The summed E-state index contributed by atoms with van der Waals surface area (Å²) in [5.41, 5.74) is 17.6. The lowest BCUT2D eigenvalue weighted by molar-refractivity contribution is 1.28. The van der Waals surface area contributed by atoms with Crippen LogP contribution in [0.4, 0.5) is 17.1 Å². The van der Waals surface area contributed by atoms with Crippen molar-refractivity contribution in [2.24, 2.45) is 0 Å². The van der Waals surface area contributed by atoms with Crippen LogP contribution in [0.1, 0.15) is 0 Å². The summed E-state index contributed by atoms with van der Waals surface area (Å²) in [6.45, 7) is 0. The Morgan fingerprint density at radius 3 is 1.29 bits per heavy atom. The van der Waals surface area contributed by atoms with Crippen molar-refractivity contribution in [3.63, 3.8) is 0 Å². The van der Waals surface area contributed by atoms with E-state index in [1.807, 2.05) is 0 Å². The van der Waals surface area contributed by atoms with Gasteiger partial charge < -0.3 is 4.90 Å². The van der Waals surface area contributed by atoms with Gasteiger partial charge in [0.15, 0.2) is 0 Å². The molecule has 0 saturated carbocycles. The minimum Gasteiger partial charge on any atom is -0.310 e. The number of para-hydroxylation sites is 1. The molecule has 278 valence electrons. The minimum absolute atomic E-state index is 1.08. The molecule has 0 atom stereocenters. The maximum atomic E-state index is 2.42. The number of hydrogen-bond acceptors (Lipinski definition) is 1. The first-order valence-corrected chi connectivity index (χ1v) is 20.3. The summed E-state index contributed by atoms with van der Waals surface area (Å²) in [5.74, 6) is 0. The summed E-state index contributed by atoms with van der Waals surface area (Å²) in [6, 6.07) is 89.9. The molecule has 0 aliphatic carbocycles. The van der Waals surface area contributed by atoms with Gasteiger partial charge in [-0.15, -0.1) is 0 Å². The van der Waals surface area contributed by atoms with Gasteiger partial charge in [0.1, 0.15) is 0 Å². The number of benzene rings is 10. The second kappa shape index (κ2) is 16.0. The Kier molecular flexibility index (Phi) is 9.68. The predicted molar refractivity (Wildman–Crippen MR) is 251 cm³/mol.